The minimum absolute atomic E-state index is 0.0737. The van der Waals surface area contributed by atoms with Crippen LogP contribution in [0.5, 0.6) is 11.5 Å². The predicted molar refractivity (Wildman–Crippen MR) is 266 cm³/mol. The maximum atomic E-state index is 17.1. The van der Waals surface area contributed by atoms with Gasteiger partial charge in [0.25, 0.3) is 0 Å². The fraction of sp³-hybridized carbons (Fsp3) is 0.586. The Bertz CT molecular complexity index is 1690. The van der Waals surface area contributed by atoms with Crippen molar-refractivity contribution in [2.45, 2.75) is 206 Å². The summed E-state index contributed by atoms with van der Waals surface area (Å²) in [4.78, 5) is 0. The van der Waals surface area contributed by atoms with E-state index < -0.39 is 39.9 Å². The van der Waals surface area contributed by atoms with Gasteiger partial charge in [0.15, 0.2) is 0 Å². The third kappa shape index (κ3) is 18.5. The Hall–Kier alpha value is -3.09. The summed E-state index contributed by atoms with van der Waals surface area (Å²) in [6.07, 6.45) is 54.2. The van der Waals surface area contributed by atoms with E-state index in [2.05, 4.69) is 38.2 Å². The Morgan fingerprint density at radius 1 is 0.431 bits per heavy atom. The van der Waals surface area contributed by atoms with E-state index in [4.69, 9.17) is 9.47 Å². The molecule has 0 aromatic heterocycles. The van der Waals surface area contributed by atoms with Crippen LogP contribution in [0.4, 0.5) is 17.6 Å². The van der Waals surface area contributed by atoms with Crippen molar-refractivity contribution >= 4 is 7.74 Å². The van der Waals surface area contributed by atoms with Crippen LogP contribution in [0.25, 0.3) is 0 Å². The number of halogens is 4. The standard InChI is InChI=1S/2C24H37F2O.2C5H5.Ti/c2*1-2-3-4-5-6-7-8-9-10-11-12-13-14-15-16-17-20-27-24-19-18-22(25)21-23(24)26;2*1-2-4-5-3-1;/h2*9-10,18-19H,2-8,11-17,20H2,1H3;2*1-3H,4H2;/b2*10-9-;;;. The Balaban J connectivity index is 1.32. The Morgan fingerprint density at radius 3 is 1.08 bits per heavy atom. The van der Waals surface area contributed by atoms with E-state index >= 15 is 17.6 Å². The molecule has 0 heterocycles. The number of hydrogen-bond donors (Lipinski definition) is 0. The van der Waals surface area contributed by atoms with Crippen LogP contribution < -0.4 is 17.2 Å². The molecule has 2 aliphatic rings. The van der Waals surface area contributed by atoms with Gasteiger partial charge in [0.1, 0.15) is 0 Å². The molecule has 4 rings (SSSR count). The molecule has 0 unspecified atom stereocenters. The molecule has 2 aliphatic carbocycles. The van der Waals surface area contributed by atoms with Crippen LogP contribution in [-0.4, -0.2) is 13.2 Å². The normalized spacial score (nSPS) is 13.8. The van der Waals surface area contributed by atoms with Crippen LogP contribution in [0.2, 0.25) is 0 Å². The number of benzene rings is 2. The fourth-order valence-electron chi connectivity index (χ4n) is 9.46. The van der Waals surface area contributed by atoms with Gasteiger partial charge in [0.05, 0.1) is 0 Å². The SMILES string of the molecule is CCCCCCCC/C=C\CCCCCCCCOc1ccc(F)[c]([Ti]([C]2=CC=CC2)([C]2=CC=CC2)[c]2c(F)ccc(OCCCCCCCC/C=C\CCCCCCCC)c2F)c1F. The summed E-state index contributed by atoms with van der Waals surface area (Å²) in [6, 6.07) is 5.08. The molecule has 0 atom stereocenters. The van der Waals surface area contributed by atoms with Crippen LogP contribution in [0.1, 0.15) is 206 Å². The van der Waals surface area contributed by atoms with Crippen LogP contribution in [-0.2, 0) is 16.6 Å². The Morgan fingerprint density at radius 2 is 0.754 bits per heavy atom. The van der Waals surface area contributed by atoms with Crippen LogP contribution >= 0.6 is 0 Å². The van der Waals surface area contributed by atoms with Crippen LogP contribution in [0.15, 0.2) is 92.8 Å². The molecule has 2 aromatic carbocycles. The van der Waals surface area contributed by atoms with E-state index in [9.17, 15) is 0 Å². The van der Waals surface area contributed by atoms with E-state index in [1.807, 2.05) is 36.5 Å². The third-order valence-corrected chi connectivity index (χ3v) is 21.1. The van der Waals surface area contributed by atoms with Gasteiger partial charge in [0.2, 0.25) is 0 Å². The molecule has 0 amide bonds. The molecule has 0 N–H and O–H groups in total. The predicted octanol–water partition coefficient (Wildman–Crippen LogP) is 17.9. The van der Waals surface area contributed by atoms with Gasteiger partial charge in [-0.3, -0.25) is 0 Å². The molecule has 0 fully saturated rings. The average molecular weight is 937 g/mol. The summed E-state index contributed by atoms with van der Waals surface area (Å²) < 4.78 is 80.2. The van der Waals surface area contributed by atoms with E-state index in [1.165, 1.54) is 140 Å². The van der Waals surface area contributed by atoms with Crippen molar-refractivity contribution < 1.29 is 43.6 Å². The van der Waals surface area contributed by atoms with E-state index in [0.717, 1.165) is 64.2 Å². The quantitative estimate of drug-likeness (QED) is 0.0289. The van der Waals surface area contributed by atoms with Gasteiger partial charge in [-0.05, 0) is 25.7 Å². The van der Waals surface area contributed by atoms with Crippen molar-refractivity contribution in [1.29, 1.82) is 0 Å². The molecule has 65 heavy (non-hydrogen) atoms. The number of allylic oxidation sites excluding steroid dienone is 12. The van der Waals surface area contributed by atoms with E-state index in [0.29, 0.717) is 20.6 Å². The second-order valence-corrected chi connectivity index (χ2v) is 24.3. The van der Waals surface area contributed by atoms with Crippen molar-refractivity contribution in [3.63, 3.8) is 0 Å². The first-order valence-corrected chi connectivity index (χ1v) is 29.3. The molecule has 0 saturated heterocycles. The molecule has 0 bridgehead atoms. The van der Waals surface area contributed by atoms with Gasteiger partial charge >= 0.3 is 271 Å². The first-order valence-electron chi connectivity index (χ1n) is 26.2. The van der Waals surface area contributed by atoms with Gasteiger partial charge < -0.3 is 0 Å². The molecule has 7 heteroatoms. The molecule has 360 valence electrons. The molecule has 0 saturated carbocycles. The molecule has 2 nitrogen and oxygen atoms in total. The van der Waals surface area contributed by atoms with E-state index in [1.54, 1.807) is 0 Å². The molecule has 2 aromatic rings. The summed E-state index contributed by atoms with van der Waals surface area (Å²) in [7, 11) is 0. The minimum atomic E-state index is -4.97. The topological polar surface area (TPSA) is 18.5 Å². The summed E-state index contributed by atoms with van der Waals surface area (Å²) >= 11 is -4.97. The van der Waals surface area contributed by atoms with Crippen molar-refractivity contribution in [2.75, 3.05) is 13.2 Å². The molecule has 0 radical (unpaired) electrons. The maximum absolute atomic E-state index is 17.1. The molecular formula is C58H84F4O2Ti. The van der Waals surface area contributed by atoms with E-state index in [-0.39, 0.29) is 32.4 Å². The van der Waals surface area contributed by atoms with Gasteiger partial charge in [0, 0.05) is 0 Å². The first-order chi connectivity index (χ1) is 32.0. The number of unbranched alkanes of at least 4 members (excludes halogenated alkanes) is 24. The zero-order valence-electron chi connectivity index (χ0n) is 40.5. The zero-order valence-corrected chi connectivity index (χ0v) is 42.1. The molecular weight excluding hydrogens is 852 g/mol. The Labute approximate surface area is 396 Å². The summed E-state index contributed by atoms with van der Waals surface area (Å²) in [5.41, 5.74) is 0. The summed E-state index contributed by atoms with van der Waals surface area (Å²) in [6.45, 7) is 5.07. The monoisotopic (exact) mass is 937 g/mol. The van der Waals surface area contributed by atoms with Crippen molar-refractivity contribution in [3.05, 3.63) is 116 Å². The van der Waals surface area contributed by atoms with Gasteiger partial charge in [-0.15, -0.1) is 0 Å². The second-order valence-electron chi connectivity index (χ2n) is 18.4. The van der Waals surface area contributed by atoms with Gasteiger partial charge in [-0.1, -0.05) is 102 Å². The number of ether oxygens (including phenoxy) is 2. The van der Waals surface area contributed by atoms with Crippen molar-refractivity contribution in [2.24, 2.45) is 0 Å². The van der Waals surface area contributed by atoms with Crippen molar-refractivity contribution in [3.8, 4) is 11.5 Å². The number of hydrogen-bond acceptors (Lipinski definition) is 2. The third-order valence-electron chi connectivity index (χ3n) is 13.2. The van der Waals surface area contributed by atoms with Crippen molar-refractivity contribution in [1.82, 2.24) is 0 Å². The van der Waals surface area contributed by atoms with Gasteiger partial charge in [-0.2, -0.15) is 0 Å². The first kappa shape index (κ1) is 54.5. The molecule has 0 aliphatic heterocycles. The Kier molecular flexibility index (Phi) is 28.0. The summed E-state index contributed by atoms with van der Waals surface area (Å²) in [5, 5.41) is 0. The van der Waals surface area contributed by atoms with Crippen LogP contribution in [0.3, 0.4) is 0 Å². The van der Waals surface area contributed by atoms with Gasteiger partial charge in [-0.25, -0.2) is 0 Å². The zero-order chi connectivity index (χ0) is 46.2. The van der Waals surface area contributed by atoms with Crippen LogP contribution in [0, 0.1) is 23.3 Å². The average Bonchev–Trinajstić information content (AvgIpc) is 4.06. The number of rotatable bonds is 38. The molecule has 0 spiro atoms. The second kappa shape index (κ2) is 33.4. The summed E-state index contributed by atoms with van der Waals surface area (Å²) in [5.74, 6) is -3.47. The fourth-order valence-corrected chi connectivity index (χ4v) is 17.7.